The first-order chi connectivity index (χ1) is 12.5. The van der Waals surface area contributed by atoms with E-state index in [2.05, 4.69) is 14.9 Å². The molecule has 26 heavy (non-hydrogen) atoms. The summed E-state index contributed by atoms with van der Waals surface area (Å²) < 4.78 is 27.7. The maximum Gasteiger partial charge on any atom is 0.274 e. The summed E-state index contributed by atoms with van der Waals surface area (Å²) in [7, 11) is -3.48. The minimum Gasteiger partial charge on any atom is -0.337 e. The second-order valence-electron chi connectivity index (χ2n) is 6.24. The molecule has 3 heterocycles. The number of H-pyrrole nitrogens is 1. The van der Waals surface area contributed by atoms with Crippen molar-refractivity contribution >= 4 is 38.2 Å². The number of hydrogen-bond acceptors (Lipinski definition) is 5. The summed E-state index contributed by atoms with van der Waals surface area (Å²) in [6.07, 6.45) is 1.16. The van der Waals surface area contributed by atoms with Crippen molar-refractivity contribution in [2.75, 3.05) is 13.1 Å². The molecule has 4 rings (SSSR count). The van der Waals surface area contributed by atoms with E-state index in [4.69, 9.17) is 0 Å². The van der Waals surface area contributed by atoms with E-state index in [0.29, 0.717) is 35.8 Å². The highest BCUT2D eigenvalue weighted by Crippen LogP contribution is 2.21. The van der Waals surface area contributed by atoms with Crippen LogP contribution >= 0.6 is 11.3 Å². The third-order valence-corrected chi connectivity index (χ3v) is 7.45. The first kappa shape index (κ1) is 17.2. The van der Waals surface area contributed by atoms with Crippen molar-refractivity contribution in [3.8, 4) is 0 Å². The van der Waals surface area contributed by atoms with E-state index >= 15 is 0 Å². The number of aromatic nitrogens is 2. The summed E-state index contributed by atoms with van der Waals surface area (Å²) in [5, 5.41) is 9.58. The number of rotatable bonds is 4. The average molecular weight is 390 g/mol. The molecule has 1 fully saturated rings. The van der Waals surface area contributed by atoms with Crippen LogP contribution in [-0.4, -0.2) is 48.6 Å². The number of para-hydroxylation sites is 1. The molecular weight excluding hydrogens is 372 g/mol. The number of benzene rings is 1. The Balaban J connectivity index is 1.41. The maximum absolute atomic E-state index is 12.8. The fourth-order valence-electron chi connectivity index (χ4n) is 3.17. The Hall–Kier alpha value is -2.23. The fourth-order valence-corrected chi connectivity index (χ4v) is 5.49. The van der Waals surface area contributed by atoms with Gasteiger partial charge in [-0.25, -0.2) is 13.1 Å². The average Bonchev–Trinajstić information content (AvgIpc) is 3.32. The monoisotopic (exact) mass is 390 g/mol. The molecule has 1 aliphatic rings. The smallest absolute Gasteiger partial charge is 0.274 e. The summed E-state index contributed by atoms with van der Waals surface area (Å²) in [5.41, 5.74) is 1.24. The van der Waals surface area contributed by atoms with Gasteiger partial charge < -0.3 is 4.90 Å². The van der Waals surface area contributed by atoms with Crippen molar-refractivity contribution in [2.24, 2.45) is 0 Å². The van der Waals surface area contributed by atoms with Crippen LogP contribution in [0.4, 0.5) is 0 Å². The SMILES string of the molecule is O=C(c1n[nH]c2ccccc12)N1CCC(NS(=O)(=O)c2cccs2)CC1. The second kappa shape index (κ2) is 6.82. The number of sulfonamides is 1. The van der Waals surface area contributed by atoms with Crippen LogP contribution < -0.4 is 4.72 Å². The van der Waals surface area contributed by atoms with Crippen LogP contribution in [0.25, 0.3) is 10.9 Å². The number of amides is 1. The summed E-state index contributed by atoms with van der Waals surface area (Å²) in [6, 6.07) is 10.7. The zero-order valence-electron chi connectivity index (χ0n) is 13.9. The highest BCUT2D eigenvalue weighted by atomic mass is 32.2. The Morgan fingerprint density at radius 2 is 1.96 bits per heavy atom. The topological polar surface area (TPSA) is 95.2 Å². The number of likely N-dealkylation sites (tertiary alicyclic amines) is 1. The molecule has 0 radical (unpaired) electrons. The third kappa shape index (κ3) is 3.25. The predicted octanol–water partition coefficient (Wildman–Crippen LogP) is 2.21. The normalized spacial score (nSPS) is 16.2. The molecule has 1 saturated heterocycles. The molecule has 2 N–H and O–H groups in total. The van der Waals surface area contributed by atoms with Gasteiger partial charge in [-0.1, -0.05) is 24.3 Å². The van der Waals surface area contributed by atoms with Crippen molar-refractivity contribution < 1.29 is 13.2 Å². The van der Waals surface area contributed by atoms with E-state index in [1.807, 2.05) is 24.3 Å². The van der Waals surface area contributed by atoms with Crippen LogP contribution in [0.1, 0.15) is 23.3 Å². The van der Waals surface area contributed by atoms with Crippen molar-refractivity contribution in [2.45, 2.75) is 23.1 Å². The van der Waals surface area contributed by atoms with Gasteiger partial charge in [-0.3, -0.25) is 9.89 Å². The second-order valence-corrected chi connectivity index (χ2v) is 9.13. The minimum absolute atomic E-state index is 0.123. The predicted molar refractivity (Wildman–Crippen MR) is 99.7 cm³/mol. The molecular formula is C17H18N4O3S2. The zero-order valence-corrected chi connectivity index (χ0v) is 15.5. The highest BCUT2D eigenvalue weighted by molar-refractivity contribution is 7.91. The molecule has 0 aliphatic carbocycles. The Morgan fingerprint density at radius 3 is 2.69 bits per heavy atom. The van der Waals surface area contributed by atoms with Crippen molar-refractivity contribution in [1.82, 2.24) is 19.8 Å². The summed E-state index contributed by atoms with van der Waals surface area (Å²) >= 11 is 1.20. The summed E-state index contributed by atoms with van der Waals surface area (Å²) in [6.45, 7) is 0.995. The number of thiophene rings is 1. The summed E-state index contributed by atoms with van der Waals surface area (Å²) in [4.78, 5) is 14.5. The molecule has 0 saturated carbocycles. The number of piperidine rings is 1. The Morgan fingerprint density at radius 1 is 1.19 bits per heavy atom. The van der Waals surface area contributed by atoms with E-state index in [9.17, 15) is 13.2 Å². The Labute approximate surface area is 155 Å². The van der Waals surface area contributed by atoms with Crippen LogP contribution in [0.5, 0.6) is 0 Å². The molecule has 1 aromatic carbocycles. The van der Waals surface area contributed by atoms with E-state index in [-0.39, 0.29) is 11.9 Å². The van der Waals surface area contributed by atoms with Crippen molar-refractivity contribution in [1.29, 1.82) is 0 Å². The molecule has 0 bridgehead atoms. The molecule has 1 aliphatic heterocycles. The summed E-state index contributed by atoms with van der Waals surface area (Å²) in [5.74, 6) is -0.123. The molecule has 7 nitrogen and oxygen atoms in total. The molecule has 0 spiro atoms. The molecule has 9 heteroatoms. The van der Waals surface area contributed by atoms with Crippen molar-refractivity contribution in [3.63, 3.8) is 0 Å². The van der Waals surface area contributed by atoms with E-state index in [1.54, 1.807) is 22.4 Å². The van der Waals surface area contributed by atoms with Gasteiger partial charge in [-0.05, 0) is 30.4 Å². The van der Waals surface area contributed by atoms with Gasteiger partial charge in [0.2, 0.25) is 10.0 Å². The van der Waals surface area contributed by atoms with Gasteiger partial charge in [0.25, 0.3) is 5.91 Å². The number of nitrogens with one attached hydrogen (secondary N) is 2. The van der Waals surface area contributed by atoms with Gasteiger partial charge >= 0.3 is 0 Å². The number of fused-ring (bicyclic) bond motifs is 1. The number of hydrogen-bond donors (Lipinski definition) is 2. The molecule has 3 aromatic rings. The van der Waals surface area contributed by atoms with Gasteiger partial charge in [-0.2, -0.15) is 5.10 Å². The Bertz CT molecular complexity index is 1020. The van der Waals surface area contributed by atoms with Crippen LogP contribution in [0.2, 0.25) is 0 Å². The third-order valence-electron chi connectivity index (χ3n) is 4.54. The quantitative estimate of drug-likeness (QED) is 0.714. The number of carbonyl (C=O) groups excluding carboxylic acids is 1. The first-order valence-electron chi connectivity index (χ1n) is 8.33. The zero-order chi connectivity index (χ0) is 18.1. The van der Waals surface area contributed by atoms with Gasteiger partial charge in [0.15, 0.2) is 5.69 Å². The van der Waals surface area contributed by atoms with Gasteiger partial charge in [-0.15, -0.1) is 11.3 Å². The lowest BCUT2D eigenvalue weighted by molar-refractivity contribution is 0.0707. The fraction of sp³-hybridized carbons (Fsp3) is 0.294. The number of nitrogens with zero attached hydrogens (tertiary/aromatic N) is 2. The lowest BCUT2D eigenvalue weighted by Gasteiger charge is -2.31. The van der Waals surface area contributed by atoms with Crippen LogP contribution in [0, 0.1) is 0 Å². The molecule has 136 valence electrons. The number of carbonyl (C=O) groups is 1. The molecule has 1 amide bonds. The van der Waals surface area contributed by atoms with Gasteiger partial charge in [0.1, 0.15) is 4.21 Å². The van der Waals surface area contributed by atoms with Crippen LogP contribution in [0.3, 0.4) is 0 Å². The van der Waals surface area contributed by atoms with E-state index in [1.165, 1.54) is 11.3 Å². The van der Waals surface area contributed by atoms with E-state index in [0.717, 1.165) is 10.9 Å². The standard InChI is InChI=1S/C17H18N4O3S2/c22-17(16-13-4-1-2-5-14(13)18-19-16)21-9-7-12(8-10-21)20-26(23,24)15-6-3-11-25-15/h1-6,11-12,20H,7-10H2,(H,18,19). The highest BCUT2D eigenvalue weighted by Gasteiger charge is 2.29. The maximum atomic E-state index is 12.8. The van der Waals surface area contributed by atoms with Gasteiger partial charge in [0.05, 0.1) is 5.52 Å². The molecule has 0 unspecified atom stereocenters. The molecule has 0 atom stereocenters. The van der Waals surface area contributed by atoms with Crippen molar-refractivity contribution in [3.05, 3.63) is 47.5 Å². The first-order valence-corrected chi connectivity index (χ1v) is 10.7. The van der Waals surface area contributed by atoms with Crippen LogP contribution in [0.15, 0.2) is 46.0 Å². The largest absolute Gasteiger partial charge is 0.337 e. The lowest BCUT2D eigenvalue weighted by Crippen LogP contribution is -2.46. The number of aromatic amines is 1. The van der Waals surface area contributed by atoms with E-state index < -0.39 is 10.0 Å². The minimum atomic E-state index is -3.48. The molecule has 2 aromatic heterocycles. The lowest BCUT2D eigenvalue weighted by atomic mass is 10.1. The Kier molecular flexibility index (Phi) is 4.51. The van der Waals surface area contributed by atoms with Gasteiger partial charge in [0, 0.05) is 24.5 Å². The van der Waals surface area contributed by atoms with Crippen LogP contribution in [-0.2, 0) is 10.0 Å².